The van der Waals surface area contributed by atoms with Crippen LogP contribution in [0.4, 0.5) is 21.5 Å². The van der Waals surface area contributed by atoms with Gasteiger partial charge < -0.3 is 19.7 Å². The number of fused-ring (bicyclic) bond motifs is 2. The van der Waals surface area contributed by atoms with Crippen LogP contribution in [0.2, 0.25) is 5.02 Å². The third-order valence-corrected chi connectivity index (χ3v) is 7.80. The first kappa shape index (κ1) is 26.9. The summed E-state index contributed by atoms with van der Waals surface area (Å²) in [5.74, 6) is -0.814. The average Bonchev–Trinajstić information content (AvgIpc) is 3.45. The summed E-state index contributed by atoms with van der Waals surface area (Å²) in [6.45, 7) is 0.560. The summed E-state index contributed by atoms with van der Waals surface area (Å²) in [6, 6.07) is 14.4. The van der Waals surface area contributed by atoms with Crippen molar-refractivity contribution in [1.82, 2.24) is 4.90 Å². The number of carbonyl (C=O) groups is 1. The van der Waals surface area contributed by atoms with Crippen molar-refractivity contribution in [3.63, 3.8) is 0 Å². The molecule has 0 radical (unpaired) electrons. The molecule has 0 aromatic heterocycles. The molecule has 204 valence electrons. The van der Waals surface area contributed by atoms with Gasteiger partial charge in [-0.1, -0.05) is 17.7 Å². The van der Waals surface area contributed by atoms with Gasteiger partial charge in [0.15, 0.2) is 11.5 Å². The van der Waals surface area contributed by atoms with Gasteiger partial charge in [0.25, 0.3) is 0 Å². The highest BCUT2D eigenvalue weighted by Crippen LogP contribution is 2.40. The molecular formula is C27H26ClFN4O5S. The fourth-order valence-electron chi connectivity index (χ4n) is 4.52. The lowest BCUT2D eigenvalue weighted by molar-refractivity contribution is -0.115. The number of aliphatic imine (C=N–C) groups is 1. The Morgan fingerprint density at radius 3 is 2.56 bits per heavy atom. The normalized spacial score (nSPS) is 16.4. The van der Waals surface area contributed by atoms with E-state index in [4.69, 9.17) is 26.1 Å². The Balaban J connectivity index is 1.60. The van der Waals surface area contributed by atoms with Gasteiger partial charge in [-0.25, -0.2) is 12.8 Å². The third kappa shape index (κ3) is 5.56. The number of nitrogens with one attached hydrogen (secondary N) is 1. The highest BCUT2D eigenvalue weighted by Gasteiger charge is 2.36. The summed E-state index contributed by atoms with van der Waals surface area (Å²) < 4.78 is 52.2. The van der Waals surface area contributed by atoms with Crippen molar-refractivity contribution in [3.8, 4) is 11.5 Å². The number of rotatable bonds is 8. The number of hydrogen-bond acceptors (Lipinski definition) is 7. The van der Waals surface area contributed by atoms with E-state index in [1.54, 1.807) is 50.5 Å². The van der Waals surface area contributed by atoms with E-state index in [0.717, 1.165) is 16.6 Å². The number of carbonyl (C=O) groups excluding carboxylic acids is 1. The van der Waals surface area contributed by atoms with Gasteiger partial charge in [-0.2, -0.15) is 0 Å². The van der Waals surface area contributed by atoms with E-state index < -0.39 is 21.8 Å². The molecule has 0 saturated carbocycles. The first-order valence-corrected chi connectivity index (χ1v) is 14.2. The van der Waals surface area contributed by atoms with Crippen LogP contribution in [0.1, 0.15) is 17.0 Å². The Labute approximate surface area is 230 Å². The number of likely N-dealkylation sites (N-methyl/N-ethyl adjacent to an activating group) is 1. The quantitative estimate of drug-likeness (QED) is 0.402. The minimum atomic E-state index is -3.74. The van der Waals surface area contributed by atoms with E-state index in [2.05, 4.69) is 5.32 Å². The second kappa shape index (κ2) is 10.5. The molecular weight excluding hydrogens is 547 g/mol. The molecule has 2 aliphatic heterocycles. The molecule has 9 nitrogen and oxygen atoms in total. The largest absolute Gasteiger partial charge is 0.454 e. The maximum atomic E-state index is 15.4. The van der Waals surface area contributed by atoms with Gasteiger partial charge in [0, 0.05) is 35.4 Å². The minimum Gasteiger partial charge on any atom is -0.454 e. The van der Waals surface area contributed by atoms with Crippen molar-refractivity contribution in [1.29, 1.82) is 0 Å². The topological polar surface area (TPSA) is 101 Å². The number of hydrogen-bond donors (Lipinski definition) is 1. The molecule has 0 aliphatic carbocycles. The predicted molar refractivity (Wildman–Crippen MR) is 149 cm³/mol. The van der Waals surface area contributed by atoms with Crippen molar-refractivity contribution in [2.75, 3.05) is 49.9 Å². The van der Waals surface area contributed by atoms with Crippen molar-refractivity contribution in [2.45, 2.75) is 5.92 Å². The Hall–Kier alpha value is -3.67. The summed E-state index contributed by atoms with van der Waals surface area (Å²) in [4.78, 5) is 19.7. The molecule has 2 heterocycles. The first-order chi connectivity index (χ1) is 18.5. The highest BCUT2D eigenvalue weighted by molar-refractivity contribution is 7.92. The third-order valence-electron chi connectivity index (χ3n) is 6.39. The molecule has 0 saturated heterocycles. The lowest BCUT2D eigenvalue weighted by Gasteiger charge is -2.24. The fraction of sp³-hybridized carbons (Fsp3) is 0.259. The number of anilines is 2. The summed E-state index contributed by atoms with van der Waals surface area (Å²) >= 11 is 6.14. The summed E-state index contributed by atoms with van der Waals surface area (Å²) in [5.41, 5.74) is 2.30. The van der Waals surface area contributed by atoms with Crippen LogP contribution in [0.5, 0.6) is 11.5 Å². The van der Waals surface area contributed by atoms with Crippen LogP contribution in [-0.2, 0) is 14.8 Å². The lowest BCUT2D eigenvalue weighted by atomic mass is 9.90. The Morgan fingerprint density at radius 2 is 1.85 bits per heavy atom. The molecule has 12 heteroatoms. The summed E-state index contributed by atoms with van der Waals surface area (Å²) in [7, 11) is -0.131. The smallest absolute Gasteiger partial charge is 0.238 e. The molecule has 39 heavy (non-hydrogen) atoms. The maximum Gasteiger partial charge on any atom is 0.238 e. The van der Waals surface area contributed by atoms with E-state index in [1.807, 2.05) is 4.90 Å². The molecule has 0 fully saturated rings. The first-order valence-electron chi connectivity index (χ1n) is 12.0. The SMILES string of the molecule is CN(C)CCN(c1ccc(N=C(c2ccc3c(c2)OCO3)C2C(=O)Nc3cc(Cl)ccc32)cc1F)S(C)(=O)=O. The van der Waals surface area contributed by atoms with E-state index >= 15 is 4.39 Å². The van der Waals surface area contributed by atoms with E-state index in [1.165, 1.54) is 12.1 Å². The summed E-state index contributed by atoms with van der Waals surface area (Å²) in [5, 5.41) is 3.31. The Morgan fingerprint density at radius 1 is 1.08 bits per heavy atom. The minimum absolute atomic E-state index is 0.0772. The number of ether oxygens (including phenoxy) is 2. The van der Waals surface area contributed by atoms with Crippen LogP contribution in [0.15, 0.2) is 59.6 Å². The predicted octanol–water partition coefficient (Wildman–Crippen LogP) is 4.39. The fourth-order valence-corrected chi connectivity index (χ4v) is 5.61. The van der Waals surface area contributed by atoms with Crippen LogP contribution in [0.3, 0.4) is 0 Å². The highest BCUT2D eigenvalue weighted by atomic mass is 35.5. The van der Waals surface area contributed by atoms with E-state index in [9.17, 15) is 13.2 Å². The zero-order chi connectivity index (χ0) is 27.9. The molecule has 1 amide bonds. The van der Waals surface area contributed by atoms with Crippen molar-refractivity contribution >= 4 is 50.3 Å². The number of amides is 1. The van der Waals surface area contributed by atoms with Crippen molar-refractivity contribution < 1.29 is 27.1 Å². The Bertz CT molecular complexity index is 1590. The van der Waals surface area contributed by atoms with E-state index in [0.29, 0.717) is 45.6 Å². The number of benzene rings is 3. The molecule has 0 bridgehead atoms. The van der Waals surface area contributed by atoms with Gasteiger partial charge in [-0.15, -0.1) is 0 Å². The van der Waals surface area contributed by atoms with Gasteiger partial charge in [0.2, 0.25) is 22.7 Å². The van der Waals surface area contributed by atoms with Crippen molar-refractivity contribution in [3.05, 3.63) is 76.6 Å². The van der Waals surface area contributed by atoms with Gasteiger partial charge in [0.1, 0.15) is 11.7 Å². The van der Waals surface area contributed by atoms with Gasteiger partial charge in [0.05, 0.1) is 23.3 Å². The van der Waals surface area contributed by atoms with Crippen LogP contribution in [0, 0.1) is 5.82 Å². The standard InChI is InChI=1S/C27H26ClFN4O5S/c1-32(2)10-11-33(39(3,35)36)22-8-6-18(14-20(22)29)30-26(16-4-9-23-24(12-16)38-15-37-23)25-19-7-5-17(28)13-21(19)31-27(25)34/h4-9,12-14,25H,10-11,15H2,1-3H3,(H,31,34). The lowest BCUT2D eigenvalue weighted by Crippen LogP contribution is -2.36. The van der Waals surface area contributed by atoms with Crippen LogP contribution in [-0.4, -0.2) is 65.2 Å². The van der Waals surface area contributed by atoms with Crippen LogP contribution < -0.4 is 19.1 Å². The second-order valence-electron chi connectivity index (χ2n) is 9.49. The second-order valence-corrected chi connectivity index (χ2v) is 11.8. The number of sulfonamides is 1. The zero-order valence-electron chi connectivity index (χ0n) is 21.4. The van der Waals surface area contributed by atoms with Crippen molar-refractivity contribution in [2.24, 2.45) is 4.99 Å². The van der Waals surface area contributed by atoms with Crippen LogP contribution >= 0.6 is 11.6 Å². The molecule has 3 aromatic rings. The molecule has 1 atom stereocenters. The molecule has 2 aliphatic rings. The molecule has 1 N–H and O–H groups in total. The van der Waals surface area contributed by atoms with Gasteiger partial charge >= 0.3 is 0 Å². The van der Waals surface area contributed by atoms with Gasteiger partial charge in [-0.3, -0.25) is 14.1 Å². The summed E-state index contributed by atoms with van der Waals surface area (Å²) in [6.07, 6.45) is 1.04. The molecule has 3 aromatic carbocycles. The monoisotopic (exact) mass is 572 g/mol. The average molecular weight is 573 g/mol. The number of halogens is 2. The van der Waals surface area contributed by atoms with E-state index in [-0.39, 0.29) is 30.6 Å². The molecule has 1 unspecified atom stereocenters. The maximum absolute atomic E-state index is 15.4. The Kier molecular flexibility index (Phi) is 7.23. The van der Waals surface area contributed by atoms with Gasteiger partial charge in [-0.05, 0) is 62.1 Å². The molecule has 0 spiro atoms. The molecule has 5 rings (SSSR count). The zero-order valence-corrected chi connectivity index (χ0v) is 23.0. The van der Waals surface area contributed by atoms with Crippen LogP contribution in [0.25, 0.3) is 0 Å². The number of nitrogens with zero attached hydrogens (tertiary/aromatic N) is 3.